The van der Waals surface area contributed by atoms with Gasteiger partial charge in [0, 0.05) is 44.6 Å². The molecule has 5 heteroatoms. The number of pyridine rings is 1. The van der Waals surface area contributed by atoms with Crippen molar-refractivity contribution in [3.8, 4) is 11.8 Å². The van der Waals surface area contributed by atoms with Crippen molar-refractivity contribution >= 4 is 5.82 Å². The molecule has 5 heterocycles. The Labute approximate surface area is 185 Å². The summed E-state index contributed by atoms with van der Waals surface area (Å²) in [7, 11) is 1.78. The van der Waals surface area contributed by atoms with Crippen LogP contribution in [0.3, 0.4) is 0 Å². The minimum Gasteiger partial charge on any atom is -0.380 e. The van der Waals surface area contributed by atoms with E-state index in [-0.39, 0.29) is 12.0 Å². The van der Waals surface area contributed by atoms with Gasteiger partial charge in [-0.25, -0.2) is 4.98 Å². The van der Waals surface area contributed by atoms with Gasteiger partial charge >= 0.3 is 0 Å². The first kappa shape index (κ1) is 20.5. The molecule has 2 bridgehead atoms. The fraction of sp³-hybridized carbons (Fsp3) is 0.500. The predicted octanol–water partition coefficient (Wildman–Crippen LogP) is 2.71. The first-order valence-corrected chi connectivity index (χ1v) is 11.4. The van der Waals surface area contributed by atoms with Gasteiger partial charge in [0.05, 0.1) is 11.8 Å². The highest BCUT2D eigenvalue weighted by Gasteiger charge is 2.44. The van der Waals surface area contributed by atoms with E-state index in [9.17, 15) is 5.11 Å². The van der Waals surface area contributed by atoms with Gasteiger partial charge in [-0.2, -0.15) is 0 Å². The highest BCUT2D eigenvalue weighted by Crippen LogP contribution is 2.35. The fourth-order valence-corrected chi connectivity index (χ4v) is 5.19. The second-order valence-corrected chi connectivity index (χ2v) is 9.14. The molecule has 1 N–H and O–H groups in total. The van der Waals surface area contributed by atoms with Crippen LogP contribution in [-0.4, -0.2) is 66.5 Å². The lowest BCUT2D eigenvalue weighted by atomic mass is 9.75. The number of piperidine rings is 3. The Hall–Kier alpha value is -2.39. The van der Waals surface area contributed by atoms with Crippen molar-refractivity contribution in [3.63, 3.8) is 0 Å². The minimum absolute atomic E-state index is 0.268. The normalized spacial score (nSPS) is 29.6. The van der Waals surface area contributed by atoms with Crippen LogP contribution in [0.25, 0.3) is 0 Å². The van der Waals surface area contributed by atoms with Crippen LogP contribution in [0.5, 0.6) is 0 Å². The Morgan fingerprint density at radius 1 is 1.10 bits per heavy atom. The summed E-state index contributed by atoms with van der Waals surface area (Å²) in [5.41, 5.74) is 2.20. The van der Waals surface area contributed by atoms with E-state index < -0.39 is 5.60 Å². The molecule has 4 saturated heterocycles. The van der Waals surface area contributed by atoms with Crippen LogP contribution in [-0.2, 0) is 11.2 Å². The molecule has 0 spiro atoms. The highest BCUT2D eigenvalue weighted by molar-refractivity contribution is 5.50. The Morgan fingerprint density at radius 2 is 1.90 bits per heavy atom. The van der Waals surface area contributed by atoms with Crippen LogP contribution in [0.4, 0.5) is 5.82 Å². The molecule has 31 heavy (non-hydrogen) atoms. The maximum absolute atomic E-state index is 11.2. The Kier molecular flexibility index (Phi) is 5.71. The van der Waals surface area contributed by atoms with E-state index >= 15 is 0 Å². The number of rotatable bonds is 4. The lowest BCUT2D eigenvalue weighted by Gasteiger charge is -2.47. The van der Waals surface area contributed by atoms with Crippen molar-refractivity contribution in [1.29, 1.82) is 0 Å². The molecule has 0 aliphatic carbocycles. The second-order valence-electron chi connectivity index (χ2n) is 9.14. The quantitative estimate of drug-likeness (QED) is 0.776. The largest absolute Gasteiger partial charge is 0.380 e. The van der Waals surface area contributed by atoms with Crippen LogP contribution < -0.4 is 4.90 Å². The highest BCUT2D eigenvalue weighted by atomic mass is 16.5. The monoisotopic (exact) mass is 417 g/mol. The summed E-state index contributed by atoms with van der Waals surface area (Å²) < 4.78 is 5.53. The van der Waals surface area contributed by atoms with E-state index in [1.54, 1.807) is 7.11 Å². The average molecular weight is 418 g/mol. The Balaban J connectivity index is 1.45. The summed E-state index contributed by atoms with van der Waals surface area (Å²) in [5.74, 6) is 7.87. The summed E-state index contributed by atoms with van der Waals surface area (Å²) >= 11 is 0. The van der Waals surface area contributed by atoms with Crippen molar-refractivity contribution in [2.75, 3.05) is 44.7 Å². The van der Waals surface area contributed by atoms with E-state index in [1.165, 1.54) is 5.56 Å². The van der Waals surface area contributed by atoms with E-state index in [0.29, 0.717) is 6.54 Å². The van der Waals surface area contributed by atoms with Crippen LogP contribution in [0.1, 0.15) is 36.1 Å². The van der Waals surface area contributed by atoms with Crippen molar-refractivity contribution in [2.45, 2.75) is 37.4 Å². The van der Waals surface area contributed by atoms with Gasteiger partial charge in [0.1, 0.15) is 11.4 Å². The molecule has 0 unspecified atom stereocenters. The third-order valence-corrected chi connectivity index (χ3v) is 7.12. The number of hydrogen-bond acceptors (Lipinski definition) is 5. The van der Waals surface area contributed by atoms with Gasteiger partial charge in [-0.1, -0.05) is 42.2 Å². The molecule has 1 aromatic heterocycles. The van der Waals surface area contributed by atoms with Crippen molar-refractivity contribution in [2.24, 2.45) is 5.92 Å². The zero-order valence-electron chi connectivity index (χ0n) is 18.3. The summed E-state index contributed by atoms with van der Waals surface area (Å²) in [4.78, 5) is 9.66. The SMILES string of the molecule is CO[C@@H]1CCN(c2ccc(C#C[C@@]3(O)CN4CCC3CC4)c(Cc3ccccc3)n2)C1. The molecule has 5 nitrogen and oxygen atoms in total. The van der Waals surface area contributed by atoms with Gasteiger partial charge in [-0.3, -0.25) is 4.90 Å². The van der Waals surface area contributed by atoms with Crippen LogP contribution in [0, 0.1) is 17.8 Å². The molecule has 4 aliphatic heterocycles. The fourth-order valence-electron chi connectivity index (χ4n) is 5.19. The molecule has 4 fully saturated rings. The van der Waals surface area contributed by atoms with Gasteiger partial charge in [-0.15, -0.1) is 0 Å². The van der Waals surface area contributed by atoms with Gasteiger partial charge in [-0.05, 0) is 50.0 Å². The second kappa shape index (κ2) is 8.63. The van der Waals surface area contributed by atoms with Gasteiger partial charge in [0.15, 0.2) is 0 Å². The van der Waals surface area contributed by atoms with Gasteiger partial charge in [0.2, 0.25) is 0 Å². The number of aliphatic hydroxyl groups is 1. The first-order valence-electron chi connectivity index (χ1n) is 11.4. The van der Waals surface area contributed by atoms with Gasteiger partial charge < -0.3 is 14.7 Å². The van der Waals surface area contributed by atoms with E-state index in [0.717, 1.165) is 68.9 Å². The third kappa shape index (κ3) is 4.34. The number of ether oxygens (including phenoxy) is 1. The number of nitrogens with zero attached hydrogens (tertiary/aromatic N) is 3. The number of fused-ring (bicyclic) bond motifs is 3. The van der Waals surface area contributed by atoms with Crippen LogP contribution in [0.15, 0.2) is 42.5 Å². The lowest BCUT2D eigenvalue weighted by molar-refractivity contribution is -0.0713. The lowest BCUT2D eigenvalue weighted by Crippen LogP contribution is -2.58. The van der Waals surface area contributed by atoms with E-state index in [1.807, 2.05) is 6.07 Å². The molecule has 0 radical (unpaired) electrons. The average Bonchev–Trinajstić information content (AvgIpc) is 3.29. The molecule has 1 aromatic carbocycles. The number of anilines is 1. The molecular weight excluding hydrogens is 386 g/mol. The van der Waals surface area contributed by atoms with Crippen molar-refractivity contribution < 1.29 is 9.84 Å². The maximum atomic E-state index is 11.2. The van der Waals surface area contributed by atoms with Crippen LogP contribution >= 0.6 is 0 Å². The van der Waals surface area contributed by atoms with Crippen molar-refractivity contribution in [3.05, 3.63) is 59.3 Å². The molecule has 2 aromatic rings. The number of aromatic nitrogens is 1. The van der Waals surface area contributed by atoms with E-state index in [4.69, 9.17) is 9.72 Å². The number of methoxy groups -OCH3 is 1. The molecular formula is C26H31N3O2. The van der Waals surface area contributed by atoms with Crippen LogP contribution in [0.2, 0.25) is 0 Å². The van der Waals surface area contributed by atoms with Gasteiger partial charge in [0.25, 0.3) is 0 Å². The van der Waals surface area contributed by atoms with Crippen molar-refractivity contribution in [1.82, 2.24) is 9.88 Å². The minimum atomic E-state index is -0.903. The standard InChI is InChI=1S/C26H31N3O2/c1-31-23-12-16-29(18-23)25-8-7-21(24(27-25)17-20-5-3-2-4-6-20)9-13-26(30)19-28-14-10-22(26)11-15-28/h2-8,22-23,30H,10-12,14-19H2,1H3/t23-,26-/m1/s1. The predicted molar refractivity (Wildman–Crippen MR) is 122 cm³/mol. The molecule has 2 atom stereocenters. The van der Waals surface area contributed by atoms with E-state index in [2.05, 4.69) is 58.0 Å². The smallest absolute Gasteiger partial charge is 0.141 e. The summed E-state index contributed by atoms with van der Waals surface area (Å²) in [6.45, 7) is 4.66. The zero-order chi connectivity index (χ0) is 21.3. The molecule has 162 valence electrons. The number of benzene rings is 1. The summed E-state index contributed by atoms with van der Waals surface area (Å²) in [6.07, 6.45) is 4.10. The molecule has 0 saturated carbocycles. The summed E-state index contributed by atoms with van der Waals surface area (Å²) in [5, 5.41) is 11.2. The third-order valence-electron chi connectivity index (χ3n) is 7.12. The number of hydrogen-bond donors (Lipinski definition) is 1. The topological polar surface area (TPSA) is 48.8 Å². The molecule has 4 aliphatic rings. The Morgan fingerprint density at radius 3 is 2.58 bits per heavy atom. The summed E-state index contributed by atoms with van der Waals surface area (Å²) in [6, 6.07) is 14.6. The first-order chi connectivity index (χ1) is 15.1. The molecule has 6 rings (SSSR count). The molecule has 0 amide bonds. The Bertz CT molecular complexity index is 975. The zero-order valence-corrected chi connectivity index (χ0v) is 18.3. The maximum Gasteiger partial charge on any atom is 0.141 e.